The lowest BCUT2D eigenvalue weighted by Crippen LogP contribution is -2.28. The minimum atomic E-state index is 0.560. The highest BCUT2D eigenvalue weighted by Gasteiger charge is 2.24. The van der Waals surface area contributed by atoms with Crippen LogP contribution in [-0.4, -0.2) is 7.05 Å². The van der Waals surface area contributed by atoms with Gasteiger partial charge in [0.05, 0.1) is 0 Å². The van der Waals surface area contributed by atoms with Crippen LogP contribution in [-0.2, 0) is 6.42 Å². The molecule has 0 bridgehead atoms. The van der Waals surface area contributed by atoms with E-state index in [2.05, 4.69) is 43.6 Å². The van der Waals surface area contributed by atoms with E-state index in [1.54, 1.807) is 0 Å². The van der Waals surface area contributed by atoms with E-state index in [1.165, 1.54) is 24.0 Å². The first-order valence-corrected chi connectivity index (χ1v) is 5.08. The summed E-state index contributed by atoms with van der Waals surface area (Å²) in [6.45, 7) is 2.33. The molecule has 1 aliphatic rings. The molecule has 1 aromatic carbocycles. The van der Waals surface area contributed by atoms with E-state index < -0.39 is 0 Å². The Morgan fingerprint density at radius 3 is 2.85 bits per heavy atom. The van der Waals surface area contributed by atoms with Crippen molar-refractivity contribution in [3.05, 3.63) is 35.4 Å². The van der Waals surface area contributed by atoms with E-state index in [-0.39, 0.29) is 0 Å². The maximum atomic E-state index is 3.41. The molecule has 1 heteroatoms. The van der Waals surface area contributed by atoms with E-state index in [1.807, 2.05) is 0 Å². The molecule has 13 heavy (non-hydrogen) atoms. The molecule has 70 valence electrons. The summed E-state index contributed by atoms with van der Waals surface area (Å²) in [7, 11) is 2.06. The van der Waals surface area contributed by atoms with Crippen LogP contribution < -0.4 is 5.32 Å². The molecule has 1 nitrogen and oxygen atoms in total. The molecule has 0 fully saturated rings. The lowest BCUT2D eigenvalue weighted by atomic mass is 9.81. The highest BCUT2D eigenvalue weighted by molar-refractivity contribution is 5.32. The van der Waals surface area contributed by atoms with Gasteiger partial charge in [-0.15, -0.1) is 0 Å². The zero-order valence-electron chi connectivity index (χ0n) is 8.38. The lowest BCUT2D eigenvalue weighted by Gasteiger charge is -2.31. The van der Waals surface area contributed by atoms with Gasteiger partial charge in [0, 0.05) is 6.04 Å². The Morgan fingerprint density at radius 2 is 2.08 bits per heavy atom. The van der Waals surface area contributed by atoms with Crippen molar-refractivity contribution >= 4 is 0 Å². The Bertz CT molecular complexity index is 293. The third-order valence-corrected chi connectivity index (χ3v) is 3.14. The maximum absolute atomic E-state index is 3.41. The molecular weight excluding hydrogens is 158 g/mol. The molecule has 1 aromatic rings. The molecular formula is C12H17N. The Kier molecular flexibility index (Phi) is 2.36. The van der Waals surface area contributed by atoms with Crippen molar-refractivity contribution in [2.45, 2.75) is 25.8 Å². The highest BCUT2D eigenvalue weighted by atomic mass is 14.9. The summed E-state index contributed by atoms with van der Waals surface area (Å²) in [5.41, 5.74) is 3.03. The smallest absolute Gasteiger partial charge is 0.0346 e. The third kappa shape index (κ3) is 1.49. The highest BCUT2D eigenvalue weighted by Crippen LogP contribution is 2.33. The number of aryl methyl sites for hydroxylation is 1. The number of hydrogen-bond acceptors (Lipinski definition) is 1. The lowest BCUT2D eigenvalue weighted by molar-refractivity contribution is 0.364. The van der Waals surface area contributed by atoms with E-state index >= 15 is 0 Å². The van der Waals surface area contributed by atoms with Crippen LogP contribution >= 0.6 is 0 Å². The second-order valence-electron chi connectivity index (χ2n) is 3.98. The van der Waals surface area contributed by atoms with E-state index in [4.69, 9.17) is 0 Å². The molecule has 1 aliphatic carbocycles. The van der Waals surface area contributed by atoms with E-state index in [0.29, 0.717) is 6.04 Å². The molecule has 0 saturated carbocycles. The molecule has 0 amide bonds. The Morgan fingerprint density at radius 1 is 1.31 bits per heavy atom. The fourth-order valence-corrected chi connectivity index (χ4v) is 2.36. The standard InChI is InChI=1S/C12H17N/c1-9-7-8-10-5-3-4-6-11(10)12(9)13-2/h3-6,9,12-13H,7-8H2,1-2H3. The van der Waals surface area contributed by atoms with Crippen LogP contribution in [0.25, 0.3) is 0 Å². The minimum absolute atomic E-state index is 0.560. The molecule has 0 radical (unpaired) electrons. The molecule has 0 aliphatic heterocycles. The van der Waals surface area contributed by atoms with Gasteiger partial charge >= 0.3 is 0 Å². The summed E-state index contributed by atoms with van der Waals surface area (Å²) in [6.07, 6.45) is 2.55. The minimum Gasteiger partial charge on any atom is -0.313 e. The van der Waals surface area contributed by atoms with Crippen LogP contribution in [0.4, 0.5) is 0 Å². The zero-order valence-corrected chi connectivity index (χ0v) is 8.38. The quantitative estimate of drug-likeness (QED) is 0.691. The van der Waals surface area contributed by atoms with Crippen molar-refractivity contribution in [1.29, 1.82) is 0 Å². The van der Waals surface area contributed by atoms with Gasteiger partial charge < -0.3 is 5.32 Å². The van der Waals surface area contributed by atoms with E-state index in [0.717, 1.165) is 5.92 Å². The van der Waals surface area contributed by atoms with Crippen molar-refractivity contribution in [2.24, 2.45) is 5.92 Å². The average Bonchev–Trinajstić information content (AvgIpc) is 2.18. The van der Waals surface area contributed by atoms with Crippen LogP contribution in [0.1, 0.15) is 30.5 Å². The molecule has 1 N–H and O–H groups in total. The number of benzene rings is 1. The van der Waals surface area contributed by atoms with Gasteiger partial charge in [-0.25, -0.2) is 0 Å². The van der Waals surface area contributed by atoms with Crippen molar-refractivity contribution < 1.29 is 0 Å². The third-order valence-electron chi connectivity index (χ3n) is 3.14. The summed E-state index contributed by atoms with van der Waals surface area (Å²) in [5.74, 6) is 0.764. The largest absolute Gasteiger partial charge is 0.313 e. The van der Waals surface area contributed by atoms with Crippen LogP contribution in [0.2, 0.25) is 0 Å². The Hall–Kier alpha value is -0.820. The predicted octanol–water partition coefficient (Wildman–Crippen LogP) is 2.53. The van der Waals surface area contributed by atoms with Crippen molar-refractivity contribution in [2.75, 3.05) is 7.05 Å². The number of hydrogen-bond donors (Lipinski definition) is 1. The summed E-state index contributed by atoms with van der Waals surface area (Å²) in [6, 6.07) is 9.35. The van der Waals surface area contributed by atoms with Crippen LogP contribution in [0.5, 0.6) is 0 Å². The second kappa shape index (κ2) is 3.51. The summed E-state index contributed by atoms with van der Waals surface area (Å²) in [5, 5.41) is 3.41. The van der Waals surface area contributed by atoms with Crippen molar-refractivity contribution in [3.63, 3.8) is 0 Å². The fraction of sp³-hybridized carbons (Fsp3) is 0.500. The monoisotopic (exact) mass is 175 g/mol. The molecule has 0 spiro atoms. The van der Waals surface area contributed by atoms with Gasteiger partial charge in [0.2, 0.25) is 0 Å². The van der Waals surface area contributed by atoms with E-state index in [9.17, 15) is 0 Å². The van der Waals surface area contributed by atoms with Gasteiger partial charge in [-0.05, 0) is 36.9 Å². The Balaban J connectivity index is 2.39. The number of nitrogens with one attached hydrogen (secondary N) is 1. The average molecular weight is 175 g/mol. The van der Waals surface area contributed by atoms with Gasteiger partial charge in [0.15, 0.2) is 0 Å². The zero-order chi connectivity index (χ0) is 9.26. The van der Waals surface area contributed by atoms with Crippen LogP contribution in [0.15, 0.2) is 24.3 Å². The molecule has 0 heterocycles. The first-order chi connectivity index (χ1) is 6.33. The topological polar surface area (TPSA) is 12.0 Å². The molecule has 2 unspecified atom stereocenters. The molecule has 2 atom stereocenters. The Labute approximate surface area is 80.2 Å². The normalized spacial score (nSPS) is 26.9. The summed E-state index contributed by atoms with van der Waals surface area (Å²) < 4.78 is 0. The van der Waals surface area contributed by atoms with Gasteiger partial charge in [-0.1, -0.05) is 31.2 Å². The maximum Gasteiger partial charge on any atom is 0.0346 e. The SMILES string of the molecule is CNC1c2ccccc2CCC1C. The van der Waals surface area contributed by atoms with Gasteiger partial charge in [0.25, 0.3) is 0 Å². The molecule has 2 rings (SSSR count). The van der Waals surface area contributed by atoms with Crippen LogP contribution in [0, 0.1) is 5.92 Å². The first kappa shape index (κ1) is 8.76. The molecule has 0 aromatic heterocycles. The summed E-state index contributed by atoms with van der Waals surface area (Å²) in [4.78, 5) is 0. The first-order valence-electron chi connectivity index (χ1n) is 5.08. The van der Waals surface area contributed by atoms with Gasteiger partial charge in [0.1, 0.15) is 0 Å². The second-order valence-corrected chi connectivity index (χ2v) is 3.98. The summed E-state index contributed by atoms with van der Waals surface area (Å²) >= 11 is 0. The van der Waals surface area contributed by atoms with Gasteiger partial charge in [-0.3, -0.25) is 0 Å². The van der Waals surface area contributed by atoms with Crippen LogP contribution in [0.3, 0.4) is 0 Å². The number of rotatable bonds is 1. The molecule has 0 saturated heterocycles. The predicted molar refractivity (Wildman–Crippen MR) is 55.7 cm³/mol. The van der Waals surface area contributed by atoms with Crippen molar-refractivity contribution in [3.8, 4) is 0 Å². The fourth-order valence-electron chi connectivity index (χ4n) is 2.36. The van der Waals surface area contributed by atoms with Crippen molar-refractivity contribution in [1.82, 2.24) is 5.32 Å². The van der Waals surface area contributed by atoms with Gasteiger partial charge in [-0.2, -0.15) is 0 Å². The number of fused-ring (bicyclic) bond motifs is 1.